The number of urea groups is 1. The molecule has 252 valence electrons. The first-order valence-corrected chi connectivity index (χ1v) is 16.2. The third kappa shape index (κ3) is 9.72. The van der Waals surface area contributed by atoms with Gasteiger partial charge in [0, 0.05) is 42.7 Å². The van der Waals surface area contributed by atoms with E-state index >= 15 is 0 Å². The first-order valence-electron chi connectivity index (χ1n) is 15.2. The van der Waals surface area contributed by atoms with Gasteiger partial charge in [0.1, 0.15) is 6.04 Å². The van der Waals surface area contributed by atoms with Gasteiger partial charge in [-0.3, -0.25) is 9.59 Å². The third-order valence-electron chi connectivity index (χ3n) is 7.65. The topological polar surface area (TPSA) is 123 Å². The van der Waals surface area contributed by atoms with E-state index < -0.39 is 41.2 Å². The van der Waals surface area contributed by atoms with Crippen molar-refractivity contribution < 1.29 is 32.7 Å². The largest absolute Gasteiger partial charge is 0.416 e. The van der Waals surface area contributed by atoms with E-state index in [0.29, 0.717) is 12.2 Å². The number of benzene rings is 3. The summed E-state index contributed by atoms with van der Waals surface area (Å²) in [5.41, 5.74) is 2.27. The first kappa shape index (κ1) is 35.8. The van der Waals surface area contributed by atoms with Crippen molar-refractivity contribution in [3.63, 3.8) is 0 Å². The van der Waals surface area contributed by atoms with Gasteiger partial charge in [-0.1, -0.05) is 48.5 Å². The Labute approximate surface area is 276 Å². The SMILES string of the molecule is CNC(=O)NCc1ccccc1-c1ccc(CN2C(=O)[C@H](NC(=O)CC(C)(C)NC[C@@H](C)O)CSc3cc(C(F)(F)F)ccc32)cc1. The van der Waals surface area contributed by atoms with Crippen LogP contribution in [0.15, 0.2) is 71.6 Å². The summed E-state index contributed by atoms with van der Waals surface area (Å²) in [6.45, 7) is 5.89. The van der Waals surface area contributed by atoms with Gasteiger partial charge in [0.25, 0.3) is 5.91 Å². The van der Waals surface area contributed by atoms with Crippen molar-refractivity contribution in [1.82, 2.24) is 21.3 Å². The van der Waals surface area contributed by atoms with Crippen LogP contribution in [0, 0.1) is 0 Å². The molecule has 0 saturated carbocycles. The molecule has 0 spiro atoms. The zero-order valence-electron chi connectivity index (χ0n) is 26.7. The van der Waals surface area contributed by atoms with E-state index in [2.05, 4.69) is 21.3 Å². The number of nitrogens with one attached hydrogen (secondary N) is 4. The Balaban J connectivity index is 1.59. The molecule has 1 aliphatic rings. The molecule has 1 heterocycles. The lowest BCUT2D eigenvalue weighted by Crippen LogP contribution is -2.52. The van der Waals surface area contributed by atoms with E-state index in [9.17, 15) is 32.7 Å². The number of carbonyl (C=O) groups excluding carboxylic acids is 3. The van der Waals surface area contributed by atoms with Crippen LogP contribution in [0.25, 0.3) is 11.1 Å². The molecule has 5 N–H and O–H groups in total. The van der Waals surface area contributed by atoms with Crippen LogP contribution in [0.5, 0.6) is 0 Å². The molecule has 1 aliphatic heterocycles. The lowest BCUT2D eigenvalue weighted by molar-refractivity contribution is -0.137. The Bertz CT molecular complexity index is 1580. The van der Waals surface area contributed by atoms with E-state index in [0.717, 1.165) is 46.1 Å². The monoisotopic (exact) mass is 671 g/mol. The van der Waals surface area contributed by atoms with Gasteiger partial charge in [-0.15, -0.1) is 11.8 Å². The second kappa shape index (κ2) is 15.2. The maximum atomic E-state index is 14.0. The highest BCUT2D eigenvalue weighted by Crippen LogP contribution is 2.40. The van der Waals surface area contributed by atoms with Gasteiger partial charge in [-0.05, 0) is 61.2 Å². The summed E-state index contributed by atoms with van der Waals surface area (Å²) in [6, 6.07) is 17.1. The number of β-amino-alcohol motifs (C(OH)–C–C–N with tert-alkyl or cyclic N) is 1. The van der Waals surface area contributed by atoms with E-state index in [-0.39, 0.29) is 36.2 Å². The average Bonchev–Trinajstić information content (AvgIpc) is 3.14. The minimum Gasteiger partial charge on any atom is -0.392 e. The van der Waals surface area contributed by atoms with Crippen molar-refractivity contribution in [1.29, 1.82) is 0 Å². The number of alkyl halides is 3. The Morgan fingerprint density at radius 2 is 1.77 bits per heavy atom. The minimum atomic E-state index is -4.56. The number of carbonyl (C=O) groups is 3. The maximum Gasteiger partial charge on any atom is 0.416 e. The number of hydrogen-bond acceptors (Lipinski definition) is 6. The van der Waals surface area contributed by atoms with Gasteiger partial charge in [-0.2, -0.15) is 13.2 Å². The molecule has 0 aromatic heterocycles. The van der Waals surface area contributed by atoms with E-state index in [1.807, 2.05) is 48.5 Å². The van der Waals surface area contributed by atoms with Crippen LogP contribution in [0.1, 0.15) is 43.9 Å². The fraction of sp³-hybridized carbons (Fsp3) is 0.382. The Kier molecular flexibility index (Phi) is 11.6. The predicted octanol–water partition coefficient (Wildman–Crippen LogP) is 5.06. The zero-order chi connectivity index (χ0) is 34.4. The number of halogens is 3. The molecule has 0 aliphatic carbocycles. The summed E-state index contributed by atoms with van der Waals surface area (Å²) in [6.07, 6.45) is -5.15. The molecule has 0 bridgehead atoms. The number of hydrogen-bond donors (Lipinski definition) is 5. The number of nitrogens with zero attached hydrogens (tertiary/aromatic N) is 1. The first-order chi connectivity index (χ1) is 22.2. The normalized spacial score (nSPS) is 15.8. The molecule has 9 nitrogen and oxygen atoms in total. The lowest BCUT2D eigenvalue weighted by Gasteiger charge is -2.29. The fourth-order valence-electron chi connectivity index (χ4n) is 5.17. The molecule has 47 heavy (non-hydrogen) atoms. The molecule has 0 fully saturated rings. The second-order valence-corrected chi connectivity index (χ2v) is 13.2. The van der Waals surface area contributed by atoms with Crippen molar-refractivity contribution in [2.75, 3.05) is 24.2 Å². The maximum absolute atomic E-state index is 14.0. The highest BCUT2D eigenvalue weighted by atomic mass is 32.2. The van der Waals surface area contributed by atoms with Crippen molar-refractivity contribution in [3.05, 3.63) is 83.4 Å². The zero-order valence-corrected chi connectivity index (χ0v) is 27.5. The molecule has 13 heteroatoms. The molecule has 0 unspecified atom stereocenters. The van der Waals surface area contributed by atoms with Gasteiger partial charge >= 0.3 is 12.2 Å². The molecule has 2 atom stereocenters. The van der Waals surface area contributed by atoms with E-state index in [1.54, 1.807) is 20.8 Å². The average molecular weight is 672 g/mol. The Hall–Kier alpha value is -4.07. The fourth-order valence-corrected chi connectivity index (χ4v) is 6.28. The van der Waals surface area contributed by atoms with Crippen LogP contribution >= 0.6 is 11.8 Å². The highest BCUT2D eigenvalue weighted by Gasteiger charge is 2.36. The highest BCUT2D eigenvalue weighted by molar-refractivity contribution is 7.99. The number of anilines is 1. The molecular formula is C34H40F3N5O4S. The van der Waals surface area contributed by atoms with Crippen LogP contribution in [0.2, 0.25) is 0 Å². The Morgan fingerprint density at radius 3 is 2.43 bits per heavy atom. The summed E-state index contributed by atoms with van der Waals surface area (Å²) in [4.78, 5) is 40.5. The molecule has 3 aromatic carbocycles. The van der Waals surface area contributed by atoms with E-state index in [1.165, 1.54) is 18.0 Å². The van der Waals surface area contributed by atoms with Crippen LogP contribution in [0.4, 0.5) is 23.7 Å². The standard InChI is InChI=1S/C34H40F3N5O4S/c1-21(43)17-40-33(2,3)16-30(44)41-27-20-47-29-15-25(34(35,36)37)13-14-28(29)42(31(27)45)19-22-9-11-23(12-10-22)26-8-6-5-7-24(26)18-39-32(46)38-4/h5-15,21,27,40,43H,16-20H2,1-4H3,(H,41,44)(H2,38,39,46)/t21-,27-/m1/s1. The van der Waals surface area contributed by atoms with Crippen LogP contribution in [0.3, 0.4) is 0 Å². The van der Waals surface area contributed by atoms with Gasteiger partial charge < -0.3 is 31.3 Å². The number of fused-ring (bicyclic) bond motifs is 1. The van der Waals surface area contributed by atoms with Crippen LogP contribution in [-0.2, 0) is 28.9 Å². The molecule has 0 radical (unpaired) electrons. The molecule has 4 amide bonds. The smallest absolute Gasteiger partial charge is 0.392 e. The molecule has 0 saturated heterocycles. The summed E-state index contributed by atoms with van der Waals surface area (Å²) in [5.74, 6) is -0.784. The lowest BCUT2D eigenvalue weighted by atomic mass is 9.98. The van der Waals surface area contributed by atoms with Crippen molar-refractivity contribution in [2.24, 2.45) is 0 Å². The summed E-state index contributed by atoms with van der Waals surface area (Å²) >= 11 is 1.09. The number of aliphatic hydroxyl groups excluding tert-OH is 1. The molecule has 4 rings (SSSR count). The summed E-state index contributed by atoms with van der Waals surface area (Å²) in [7, 11) is 1.54. The second-order valence-electron chi connectivity index (χ2n) is 12.1. The molecular weight excluding hydrogens is 631 g/mol. The van der Waals surface area contributed by atoms with Crippen molar-refractivity contribution in [2.45, 2.75) is 69.0 Å². The van der Waals surface area contributed by atoms with Gasteiger partial charge in [0.15, 0.2) is 0 Å². The summed E-state index contributed by atoms with van der Waals surface area (Å²) in [5, 5.41) is 20.8. The molecule has 3 aromatic rings. The number of rotatable bonds is 11. The summed E-state index contributed by atoms with van der Waals surface area (Å²) < 4.78 is 40.9. The van der Waals surface area contributed by atoms with Gasteiger partial charge in [-0.25, -0.2) is 4.79 Å². The Morgan fingerprint density at radius 1 is 1.06 bits per heavy atom. The van der Waals surface area contributed by atoms with E-state index in [4.69, 9.17) is 0 Å². The van der Waals surface area contributed by atoms with Crippen molar-refractivity contribution >= 4 is 35.3 Å². The van der Waals surface area contributed by atoms with Crippen LogP contribution in [-0.4, -0.2) is 60.0 Å². The van der Waals surface area contributed by atoms with Gasteiger partial charge in [0.05, 0.1) is 23.9 Å². The predicted molar refractivity (Wildman–Crippen MR) is 177 cm³/mol. The van der Waals surface area contributed by atoms with Gasteiger partial charge in [0.2, 0.25) is 5.91 Å². The number of aliphatic hydroxyl groups is 1. The van der Waals surface area contributed by atoms with Crippen LogP contribution < -0.4 is 26.2 Å². The van der Waals surface area contributed by atoms with Crippen molar-refractivity contribution in [3.8, 4) is 11.1 Å². The number of thioether (sulfide) groups is 1. The number of amides is 4. The quantitative estimate of drug-likeness (QED) is 0.194. The third-order valence-corrected chi connectivity index (χ3v) is 8.79. The minimum absolute atomic E-state index is 0.0148.